The van der Waals surface area contributed by atoms with Gasteiger partial charge in [0, 0.05) is 23.3 Å². The van der Waals surface area contributed by atoms with Crippen molar-refractivity contribution >= 4 is 11.6 Å². The lowest BCUT2D eigenvalue weighted by atomic mass is 10.1. The van der Waals surface area contributed by atoms with Gasteiger partial charge in [0.2, 0.25) is 5.88 Å². The van der Waals surface area contributed by atoms with E-state index in [9.17, 15) is 9.90 Å². The van der Waals surface area contributed by atoms with Crippen LogP contribution in [0, 0.1) is 6.92 Å². The number of hydrogen-bond acceptors (Lipinski definition) is 5. The molecule has 1 aromatic carbocycles. The van der Waals surface area contributed by atoms with Crippen molar-refractivity contribution in [1.29, 1.82) is 0 Å². The smallest absolute Gasteiger partial charge is 0.335 e. The van der Waals surface area contributed by atoms with E-state index in [-0.39, 0.29) is 11.6 Å². The highest BCUT2D eigenvalue weighted by molar-refractivity contribution is 6.31. The molecule has 8 nitrogen and oxygen atoms in total. The molecule has 0 aliphatic carbocycles. The van der Waals surface area contributed by atoms with Gasteiger partial charge in [-0.05, 0) is 25.0 Å². The average molecular weight is 400 g/mol. The highest BCUT2D eigenvalue weighted by Gasteiger charge is 2.15. The summed E-state index contributed by atoms with van der Waals surface area (Å²) >= 11 is 6.17. The third-order valence-corrected chi connectivity index (χ3v) is 4.95. The van der Waals surface area contributed by atoms with Crippen molar-refractivity contribution in [3.05, 3.63) is 81.4 Å². The van der Waals surface area contributed by atoms with Crippen LogP contribution in [0.5, 0.6) is 5.88 Å². The molecular weight excluding hydrogens is 382 g/mol. The molecule has 0 aliphatic heterocycles. The van der Waals surface area contributed by atoms with Crippen LogP contribution in [0.25, 0.3) is 5.69 Å². The van der Waals surface area contributed by atoms with E-state index in [2.05, 4.69) is 10.3 Å². The molecule has 28 heavy (non-hydrogen) atoms. The molecule has 0 fully saturated rings. The highest BCUT2D eigenvalue weighted by atomic mass is 35.5. The molecule has 4 rings (SSSR count). The molecule has 3 aromatic heterocycles. The second-order valence-electron chi connectivity index (χ2n) is 6.44. The molecule has 0 aliphatic rings. The fraction of sp³-hybridized carbons (Fsp3) is 0.211. The first kappa shape index (κ1) is 18.1. The number of rotatable bonds is 6. The van der Waals surface area contributed by atoms with Crippen molar-refractivity contribution in [3.63, 3.8) is 0 Å². The lowest BCUT2D eigenvalue weighted by Gasteiger charge is -2.04. The lowest BCUT2D eigenvalue weighted by Crippen LogP contribution is -2.23. The first-order chi connectivity index (χ1) is 13.5. The van der Waals surface area contributed by atoms with Gasteiger partial charge in [-0.3, -0.25) is 9.25 Å². The predicted molar refractivity (Wildman–Crippen MR) is 103 cm³/mol. The van der Waals surface area contributed by atoms with Gasteiger partial charge in [-0.1, -0.05) is 35.0 Å². The van der Waals surface area contributed by atoms with Gasteiger partial charge in [-0.2, -0.15) is 5.10 Å². The Morgan fingerprint density at radius 1 is 1.18 bits per heavy atom. The van der Waals surface area contributed by atoms with E-state index in [0.717, 1.165) is 11.1 Å². The van der Waals surface area contributed by atoms with Crippen LogP contribution in [0.4, 0.5) is 0 Å². The Bertz CT molecular complexity index is 1170. The van der Waals surface area contributed by atoms with Gasteiger partial charge in [0.05, 0.1) is 30.8 Å². The van der Waals surface area contributed by atoms with Gasteiger partial charge in [0.25, 0.3) is 0 Å². The molecule has 1 N–H and O–H groups in total. The Kier molecular flexibility index (Phi) is 4.79. The third-order valence-electron chi connectivity index (χ3n) is 4.58. The van der Waals surface area contributed by atoms with E-state index in [1.165, 1.54) is 21.5 Å². The number of imidazole rings is 1. The highest BCUT2D eigenvalue weighted by Crippen LogP contribution is 2.18. The maximum atomic E-state index is 12.7. The SMILES string of the molecule is Cc1oncc1Cn1cc(-n2c(O)cn(CCc3ccccc3Cl)c2=O)cn1. The molecule has 0 radical (unpaired) electrons. The van der Waals surface area contributed by atoms with E-state index in [1.807, 2.05) is 31.2 Å². The van der Waals surface area contributed by atoms with Gasteiger partial charge >= 0.3 is 5.69 Å². The summed E-state index contributed by atoms with van der Waals surface area (Å²) in [5, 5.41) is 18.9. The predicted octanol–water partition coefficient (Wildman–Crippen LogP) is 2.78. The van der Waals surface area contributed by atoms with Crippen molar-refractivity contribution in [2.75, 3.05) is 0 Å². The summed E-state index contributed by atoms with van der Waals surface area (Å²) in [6, 6.07) is 7.49. The van der Waals surface area contributed by atoms with E-state index >= 15 is 0 Å². The van der Waals surface area contributed by atoms with Gasteiger partial charge in [-0.15, -0.1) is 0 Å². The van der Waals surface area contributed by atoms with Gasteiger partial charge in [-0.25, -0.2) is 9.36 Å². The van der Waals surface area contributed by atoms with Crippen LogP contribution in [0.2, 0.25) is 5.02 Å². The largest absolute Gasteiger partial charge is 0.493 e. The quantitative estimate of drug-likeness (QED) is 0.538. The zero-order chi connectivity index (χ0) is 19.7. The second kappa shape index (κ2) is 7.40. The fourth-order valence-corrected chi connectivity index (χ4v) is 3.25. The Morgan fingerprint density at radius 3 is 2.75 bits per heavy atom. The Hall–Kier alpha value is -3.26. The van der Waals surface area contributed by atoms with Gasteiger partial charge < -0.3 is 9.63 Å². The number of aromatic nitrogens is 5. The number of benzene rings is 1. The van der Waals surface area contributed by atoms with Crippen molar-refractivity contribution in [1.82, 2.24) is 24.1 Å². The van der Waals surface area contributed by atoms with Crippen LogP contribution in [0.1, 0.15) is 16.9 Å². The van der Waals surface area contributed by atoms with Crippen molar-refractivity contribution in [2.24, 2.45) is 0 Å². The summed E-state index contributed by atoms with van der Waals surface area (Å²) in [4.78, 5) is 12.7. The first-order valence-electron chi connectivity index (χ1n) is 8.70. The van der Waals surface area contributed by atoms with Gasteiger partial charge in [0.1, 0.15) is 5.76 Å². The van der Waals surface area contributed by atoms with E-state index < -0.39 is 0 Å². The molecule has 0 saturated heterocycles. The topological polar surface area (TPSA) is 91.0 Å². The van der Waals surface area contributed by atoms with Crippen molar-refractivity contribution in [2.45, 2.75) is 26.4 Å². The monoisotopic (exact) mass is 399 g/mol. The molecule has 0 amide bonds. The zero-order valence-corrected chi connectivity index (χ0v) is 15.9. The maximum absolute atomic E-state index is 12.7. The molecule has 9 heteroatoms. The number of nitrogens with zero attached hydrogens (tertiary/aromatic N) is 5. The van der Waals surface area contributed by atoms with E-state index in [0.29, 0.717) is 36.0 Å². The van der Waals surface area contributed by atoms with Crippen LogP contribution in [-0.2, 0) is 19.5 Å². The van der Waals surface area contributed by atoms with Gasteiger partial charge in [0.15, 0.2) is 0 Å². The Balaban J connectivity index is 1.55. The summed E-state index contributed by atoms with van der Waals surface area (Å²) in [6.45, 7) is 2.68. The van der Waals surface area contributed by atoms with Crippen LogP contribution in [0.15, 0.2) is 58.4 Å². The van der Waals surface area contributed by atoms with Crippen LogP contribution < -0.4 is 5.69 Å². The summed E-state index contributed by atoms with van der Waals surface area (Å²) in [6.07, 6.45) is 6.84. The normalized spacial score (nSPS) is 11.2. The minimum absolute atomic E-state index is 0.148. The van der Waals surface area contributed by atoms with E-state index in [4.69, 9.17) is 16.1 Å². The molecule has 3 heterocycles. The molecule has 0 saturated carbocycles. The maximum Gasteiger partial charge on any atom is 0.335 e. The van der Waals surface area contributed by atoms with Crippen molar-refractivity contribution < 1.29 is 9.63 Å². The van der Waals surface area contributed by atoms with E-state index in [1.54, 1.807) is 17.1 Å². The average Bonchev–Trinajstić information content (AvgIpc) is 3.36. The number of hydrogen-bond donors (Lipinski definition) is 1. The Morgan fingerprint density at radius 2 is 2.00 bits per heavy atom. The van der Waals surface area contributed by atoms with Crippen LogP contribution >= 0.6 is 11.6 Å². The van der Waals surface area contributed by atoms with Crippen LogP contribution in [-0.4, -0.2) is 29.2 Å². The van der Waals surface area contributed by atoms with Crippen LogP contribution in [0.3, 0.4) is 0 Å². The minimum atomic E-state index is -0.342. The number of aryl methyl sites for hydroxylation is 3. The molecule has 0 atom stereocenters. The summed E-state index contributed by atoms with van der Waals surface area (Å²) < 4.78 is 9.37. The summed E-state index contributed by atoms with van der Waals surface area (Å²) in [5.41, 5.74) is 1.97. The minimum Gasteiger partial charge on any atom is -0.493 e. The fourth-order valence-electron chi connectivity index (χ4n) is 3.02. The lowest BCUT2D eigenvalue weighted by molar-refractivity contribution is 0.395. The second-order valence-corrected chi connectivity index (χ2v) is 6.85. The molecular formula is C19H18ClN5O3. The number of halogens is 1. The number of aromatic hydroxyl groups is 1. The standard InChI is InChI=1S/C19H18ClN5O3/c1-13-15(8-22-28-13)10-24-11-16(9-21-24)25-18(26)12-23(19(25)27)7-6-14-4-2-3-5-17(14)20/h2-5,8-9,11-12,26H,6-7,10H2,1H3. The molecule has 0 spiro atoms. The zero-order valence-electron chi connectivity index (χ0n) is 15.1. The first-order valence-corrected chi connectivity index (χ1v) is 9.08. The Labute approximate surface area is 165 Å². The third kappa shape index (κ3) is 3.46. The molecule has 0 bridgehead atoms. The summed E-state index contributed by atoms with van der Waals surface area (Å²) in [5.74, 6) is 0.563. The van der Waals surface area contributed by atoms with Crippen molar-refractivity contribution in [3.8, 4) is 11.6 Å². The molecule has 0 unspecified atom stereocenters. The molecule has 4 aromatic rings. The molecule has 144 valence electrons. The summed E-state index contributed by atoms with van der Waals surface area (Å²) in [7, 11) is 0.